The smallest absolute Gasteiger partial charge is 0.0998 e. The van der Waals surface area contributed by atoms with Gasteiger partial charge in [-0.3, -0.25) is 0 Å². The zero-order valence-corrected chi connectivity index (χ0v) is 12.2. The normalized spacial score (nSPS) is 10.0. The molecule has 0 aliphatic rings. The minimum atomic E-state index is 0.707. The van der Waals surface area contributed by atoms with Crippen molar-refractivity contribution in [3.63, 3.8) is 0 Å². The molecule has 3 rings (SSSR count). The van der Waals surface area contributed by atoms with Crippen molar-refractivity contribution in [1.29, 1.82) is 5.26 Å². The predicted octanol–water partition coefficient (Wildman–Crippen LogP) is 5.38. The van der Waals surface area contributed by atoms with E-state index in [4.69, 9.17) is 0 Å². The molecule has 0 aliphatic carbocycles. The van der Waals surface area contributed by atoms with Gasteiger partial charge in [-0.2, -0.15) is 5.26 Å². The third-order valence-electron chi connectivity index (χ3n) is 3.20. The average molecular weight is 287 g/mol. The van der Waals surface area contributed by atoms with Crippen molar-refractivity contribution in [2.75, 3.05) is 0 Å². The molecule has 0 fully saturated rings. The van der Waals surface area contributed by atoms with Crippen LogP contribution < -0.4 is 0 Å². The summed E-state index contributed by atoms with van der Waals surface area (Å²) in [6, 6.07) is 28.5. The van der Waals surface area contributed by atoms with Crippen molar-refractivity contribution in [1.82, 2.24) is 0 Å². The van der Waals surface area contributed by atoms with Gasteiger partial charge >= 0.3 is 0 Å². The lowest BCUT2D eigenvalue weighted by atomic mass is 10.0. The van der Waals surface area contributed by atoms with E-state index in [1.165, 1.54) is 4.90 Å². The summed E-state index contributed by atoms with van der Waals surface area (Å²) < 4.78 is 0. The summed E-state index contributed by atoms with van der Waals surface area (Å²) >= 11 is 1.72. The van der Waals surface area contributed by atoms with E-state index >= 15 is 0 Å². The van der Waals surface area contributed by atoms with Crippen LogP contribution in [0.3, 0.4) is 0 Å². The number of nitriles is 1. The van der Waals surface area contributed by atoms with Crippen LogP contribution in [0.4, 0.5) is 0 Å². The second-order valence-corrected chi connectivity index (χ2v) is 5.68. The summed E-state index contributed by atoms with van der Waals surface area (Å²) in [4.78, 5) is 2.35. The minimum absolute atomic E-state index is 0.707. The average Bonchev–Trinajstić information content (AvgIpc) is 2.56. The number of benzene rings is 3. The number of hydrogen-bond donors (Lipinski definition) is 0. The SMILES string of the molecule is N#Cc1ccccc1-c1ccccc1Sc1ccccc1. The maximum absolute atomic E-state index is 9.30. The Bertz CT molecular complexity index is 788. The van der Waals surface area contributed by atoms with Crippen molar-refractivity contribution in [2.24, 2.45) is 0 Å². The van der Waals surface area contributed by atoms with E-state index in [9.17, 15) is 5.26 Å². The molecular formula is C19H13NS. The number of nitrogens with zero attached hydrogens (tertiary/aromatic N) is 1. The lowest BCUT2D eigenvalue weighted by Gasteiger charge is -2.10. The molecule has 0 aliphatic heterocycles. The third kappa shape index (κ3) is 2.99. The molecule has 0 amide bonds. The summed E-state index contributed by atoms with van der Waals surface area (Å²) in [6.07, 6.45) is 0. The van der Waals surface area contributed by atoms with E-state index in [1.807, 2.05) is 54.6 Å². The summed E-state index contributed by atoms with van der Waals surface area (Å²) in [5.41, 5.74) is 2.79. The Balaban J connectivity index is 2.06. The Labute approximate surface area is 128 Å². The summed E-state index contributed by atoms with van der Waals surface area (Å²) in [5, 5.41) is 9.30. The van der Waals surface area contributed by atoms with Crippen LogP contribution in [0.5, 0.6) is 0 Å². The third-order valence-corrected chi connectivity index (χ3v) is 4.28. The van der Waals surface area contributed by atoms with Crippen LogP contribution in [0.15, 0.2) is 88.7 Å². The van der Waals surface area contributed by atoms with Gasteiger partial charge in [0.05, 0.1) is 11.6 Å². The molecule has 2 heteroatoms. The largest absolute Gasteiger partial charge is 0.192 e. The molecule has 0 heterocycles. The van der Waals surface area contributed by atoms with Gasteiger partial charge in [0.25, 0.3) is 0 Å². The van der Waals surface area contributed by atoms with Gasteiger partial charge in [-0.25, -0.2) is 0 Å². The first-order valence-electron chi connectivity index (χ1n) is 6.70. The maximum Gasteiger partial charge on any atom is 0.0998 e. The fourth-order valence-electron chi connectivity index (χ4n) is 2.21. The van der Waals surface area contributed by atoms with Gasteiger partial charge in [-0.15, -0.1) is 0 Å². The first kappa shape index (κ1) is 13.5. The van der Waals surface area contributed by atoms with Gasteiger partial charge in [-0.05, 0) is 29.8 Å². The van der Waals surface area contributed by atoms with Crippen LogP contribution >= 0.6 is 11.8 Å². The van der Waals surface area contributed by atoms with E-state index in [0.717, 1.165) is 16.0 Å². The molecule has 0 aromatic heterocycles. The lowest BCUT2D eigenvalue weighted by Crippen LogP contribution is -1.86. The predicted molar refractivity (Wildman–Crippen MR) is 87.2 cm³/mol. The first-order chi connectivity index (χ1) is 10.4. The summed E-state index contributed by atoms with van der Waals surface area (Å²) in [5.74, 6) is 0. The van der Waals surface area contributed by atoms with E-state index in [-0.39, 0.29) is 0 Å². The van der Waals surface area contributed by atoms with Crippen LogP contribution in [-0.4, -0.2) is 0 Å². The van der Waals surface area contributed by atoms with E-state index in [1.54, 1.807) is 11.8 Å². The van der Waals surface area contributed by atoms with Gasteiger partial charge in [0.15, 0.2) is 0 Å². The highest BCUT2D eigenvalue weighted by atomic mass is 32.2. The van der Waals surface area contributed by atoms with E-state index in [0.29, 0.717) is 5.56 Å². The molecular weight excluding hydrogens is 274 g/mol. The quantitative estimate of drug-likeness (QED) is 0.646. The second kappa shape index (κ2) is 6.30. The fourth-order valence-corrected chi connectivity index (χ4v) is 3.19. The highest BCUT2D eigenvalue weighted by Gasteiger charge is 2.09. The fraction of sp³-hybridized carbons (Fsp3) is 0. The van der Waals surface area contributed by atoms with Gasteiger partial charge in [-0.1, -0.05) is 66.4 Å². The van der Waals surface area contributed by atoms with E-state index < -0.39 is 0 Å². The van der Waals surface area contributed by atoms with E-state index in [2.05, 4.69) is 30.3 Å². The second-order valence-electron chi connectivity index (χ2n) is 4.57. The van der Waals surface area contributed by atoms with Gasteiger partial charge in [0.1, 0.15) is 0 Å². The molecule has 0 spiro atoms. The molecule has 0 saturated heterocycles. The zero-order valence-electron chi connectivity index (χ0n) is 11.4. The number of rotatable bonds is 3. The van der Waals surface area contributed by atoms with Crippen LogP contribution in [0.1, 0.15) is 5.56 Å². The maximum atomic E-state index is 9.30. The zero-order chi connectivity index (χ0) is 14.5. The molecule has 0 saturated carbocycles. The highest BCUT2D eigenvalue weighted by Crippen LogP contribution is 2.36. The molecule has 1 nitrogen and oxygen atoms in total. The van der Waals surface area contributed by atoms with Gasteiger partial charge in [0, 0.05) is 15.4 Å². The van der Waals surface area contributed by atoms with Crippen molar-refractivity contribution in [2.45, 2.75) is 9.79 Å². The Kier molecular flexibility index (Phi) is 4.04. The standard InChI is InChI=1S/C19H13NS/c20-14-15-8-4-5-11-17(15)18-12-6-7-13-19(18)21-16-9-2-1-3-10-16/h1-13H. The van der Waals surface area contributed by atoms with Crippen molar-refractivity contribution >= 4 is 11.8 Å². The Morgan fingerprint density at radius 1 is 0.667 bits per heavy atom. The molecule has 3 aromatic rings. The number of hydrogen-bond acceptors (Lipinski definition) is 2. The topological polar surface area (TPSA) is 23.8 Å². The van der Waals surface area contributed by atoms with Crippen molar-refractivity contribution in [3.8, 4) is 17.2 Å². The minimum Gasteiger partial charge on any atom is -0.192 e. The molecule has 0 atom stereocenters. The Morgan fingerprint density at radius 3 is 2.05 bits per heavy atom. The van der Waals surface area contributed by atoms with Crippen LogP contribution in [0, 0.1) is 11.3 Å². The van der Waals surface area contributed by atoms with Crippen molar-refractivity contribution < 1.29 is 0 Å². The Hall–Kier alpha value is -2.50. The van der Waals surface area contributed by atoms with Crippen LogP contribution in [0.25, 0.3) is 11.1 Å². The Morgan fingerprint density at radius 2 is 1.29 bits per heavy atom. The lowest BCUT2D eigenvalue weighted by molar-refractivity contribution is 1.39. The molecule has 0 radical (unpaired) electrons. The van der Waals surface area contributed by atoms with Gasteiger partial charge < -0.3 is 0 Å². The molecule has 0 bridgehead atoms. The summed E-state index contributed by atoms with van der Waals surface area (Å²) in [6.45, 7) is 0. The highest BCUT2D eigenvalue weighted by molar-refractivity contribution is 7.99. The van der Waals surface area contributed by atoms with Gasteiger partial charge in [0.2, 0.25) is 0 Å². The molecule has 3 aromatic carbocycles. The van der Waals surface area contributed by atoms with Crippen molar-refractivity contribution in [3.05, 3.63) is 84.4 Å². The molecule has 100 valence electrons. The molecule has 21 heavy (non-hydrogen) atoms. The molecule has 0 N–H and O–H groups in total. The first-order valence-corrected chi connectivity index (χ1v) is 7.51. The van der Waals surface area contributed by atoms with Crippen LogP contribution in [-0.2, 0) is 0 Å². The van der Waals surface area contributed by atoms with Crippen LogP contribution in [0.2, 0.25) is 0 Å². The monoisotopic (exact) mass is 287 g/mol. The molecule has 0 unspecified atom stereocenters. The summed E-state index contributed by atoms with van der Waals surface area (Å²) in [7, 11) is 0.